The molecule has 1 aromatic carbocycles. The van der Waals surface area contributed by atoms with Crippen molar-refractivity contribution in [1.82, 2.24) is 14.8 Å². The van der Waals surface area contributed by atoms with E-state index in [0.29, 0.717) is 36.4 Å². The number of benzene rings is 1. The van der Waals surface area contributed by atoms with Crippen molar-refractivity contribution in [2.24, 2.45) is 12.8 Å². The number of carbonyl (C=O) groups is 1. The lowest BCUT2D eigenvalue weighted by atomic mass is 10.0. The van der Waals surface area contributed by atoms with Crippen LogP contribution in [0.15, 0.2) is 23.7 Å². The third-order valence-electron chi connectivity index (χ3n) is 5.18. The maximum Gasteiger partial charge on any atom is 0.275 e. The van der Waals surface area contributed by atoms with Crippen molar-refractivity contribution in [2.45, 2.75) is 31.2 Å². The summed E-state index contributed by atoms with van der Waals surface area (Å²) in [5.74, 6) is -3.93. The fourth-order valence-corrected chi connectivity index (χ4v) is 4.35. The zero-order valence-electron chi connectivity index (χ0n) is 16.8. The molecule has 3 aromatic rings. The lowest BCUT2D eigenvalue weighted by molar-refractivity contribution is 0.0247. The van der Waals surface area contributed by atoms with Crippen LogP contribution >= 0.6 is 11.3 Å². The summed E-state index contributed by atoms with van der Waals surface area (Å²) in [4.78, 5) is 16.7. The highest BCUT2D eigenvalue weighted by molar-refractivity contribution is 7.13. The quantitative estimate of drug-likeness (QED) is 0.568. The SMILES string of the molecule is Cn1ncc(NC(=O)c2csc(-c3c(F)cc(F)cc3F)n2)c1[C@@H]1CC[C@@H](N)[C@H](F)CO1. The van der Waals surface area contributed by atoms with E-state index in [1.54, 1.807) is 7.05 Å². The number of rotatable bonds is 4. The third-order valence-corrected chi connectivity index (χ3v) is 6.04. The van der Waals surface area contributed by atoms with E-state index in [1.807, 2.05) is 0 Å². The van der Waals surface area contributed by atoms with Gasteiger partial charge in [0.05, 0.1) is 29.7 Å². The van der Waals surface area contributed by atoms with Crippen molar-refractivity contribution in [3.05, 3.63) is 52.5 Å². The van der Waals surface area contributed by atoms with Crippen LogP contribution < -0.4 is 11.1 Å². The van der Waals surface area contributed by atoms with Crippen molar-refractivity contribution in [2.75, 3.05) is 11.9 Å². The van der Waals surface area contributed by atoms with E-state index < -0.39 is 47.2 Å². The Morgan fingerprint density at radius 3 is 2.72 bits per heavy atom. The van der Waals surface area contributed by atoms with Gasteiger partial charge in [-0.3, -0.25) is 9.48 Å². The Bertz CT molecular complexity index is 1120. The van der Waals surface area contributed by atoms with E-state index in [2.05, 4.69) is 15.4 Å². The van der Waals surface area contributed by atoms with Crippen molar-refractivity contribution in [3.8, 4) is 10.6 Å². The van der Waals surface area contributed by atoms with Gasteiger partial charge in [0.25, 0.3) is 5.91 Å². The molecule has 32 heavy (non-hydrogen) atoms. The van der Waals surface area contributed by atoms with E-state index in [4.69, 9.17) is 10.5 Å². The molecule has 12 heteroatoms. The molecule has 0 spiro atoms. The number of hydrogen-bond acceptors (Lipinski definition) is 6. The summed E-state index contributed by atoms with van der Waals surface area (Å²) in [7, 11) is 1.66. The van der Waals surface area contributed by atoms with Gasteiger partial charge in [0.1, 0.15) is 40.4 Å². The Morgan fingerprint density at radius 1 is 1.28 bits per heavy atom. The van der Waals surface area contributed by atoms with Crippen LogP contribution in [0.5, 0.6) is 0 Å². The van der Waals surface area contributed by atoms with Gasteiger partial charge in [-0.2, -0.15) is 5.10 Å². The molecule has 4 rings (SSSR count). The molecule has 1 aliphatic rings. The fourth-order valence-electron chi connectivity index (χ4n) is 3.51. The molecule has 3 N–H and O–H groups in total. The van der Waals surface area contributed by atoms with Crippen LogP contribution in [0, 0.1) is 17.5 Å². The first kappa shape index (κ1) is 22.4. The topological polar surface area (TPSA) is 95.1 Å². The van der Waals surface area contributed by atoms with Crippen molar-refractivity contribution in [1.29, 1.82) is 0 Å². The molecule has 0 aliphatic carbocycles. The minimum Gasteiger partial charge on any atom is -0.369 e. The molecule has 1 amide bonds. The summed E-state index contributed by atoms with van der Waals surface area (Å²) in [5.41, 5.74) is 6.05. The highest BCUT2D eigenvalue weighted by atomic mass is 32.1. The number of ether oxygens (including phenoxy) is 1. The Kier molecular flexibility index (Phi) is 6.26. The minimum absolute atomic E-state index is 0.0874. The minimum atomic E-state index is -1.29. The third kappa shape index (κ3) is 4.38. The summed E-state index contributed by atoms with van der Waals surface area (Å²) in [6, 6.07) is 0.455. The number of nitrogens with one attached hydrogen (secondary N) is 1. The summed E-state index contributed by atoms with van der Waals surface area (Å²) in [5, 5.41) is 8.02. The number of nitrogens with zero attached hydrogens (tertiary/aromatic N) is 3. The molecule has 3 heterocycles. The van der Waals surface area contributed by atoms with Crippen LogP contribution in [-0.2, 0) is 11.8 Å². The first-order valence-corrected chi connectivity index (χ1v) is 10.6. The van der Waals surface area contributed by atoms with E-state index >= 15 is 0 Å². The van der Waals surface area contributed by atoms with E-state index in [-0.39, 0.29) is 17.3 Å². The highest BCUT2D eigenvalue weighted by Gasteiger charge is 2.30. The van der Waals surface area contributed by atoms with Crippen LogP contribution in [0.1, 0.15) is 35.1 Å². The van der Waals surface area contributed by atoms with Gasteiger partial charge in [0.15, 0.2) is 0 Å². The molecule has 2 aromatic heterocycles. The number of hydrogen-bond donors (Lipinski definition) is 2. The highest BCUT2D eigenvalue weighted by Crippen LogP contribution is 2.33. The number of amides is 1. The molecule has 1 aliphatic heterocycles. The molecule has 7 nitrogen and oxygen atoms in total. The number of alkyl halides is 1. The molecule has 0 unspecified atom stereocenters. The van der Waals surface area contributed by atoms with E-state index in [0.717, 1.165) is 11.3 Å². The summed E-state index contributed by atoms with van der Waals surface area (Å²) >= 11 is 0.841. The maximum absolute atomic E-state index is 14.0. The molecule has 0 saturated carbocycles. The number of aryl methyl sites for hydroxylation is 1. The smallest absolute Gasteiger partial charge is 0.275 e. The number of nitrogens with two attached hydrogens (primary N) is 1. The summed E-state index contributed by atoms with van der Waals surface area (Å²) in [6.45, 7) is -0.172. The van der Waals surface area contributed by atoms with Crippen molar-refractivity contribution < 1.29 is 27.1 Å². The normalized spacial score (nSPS) is 21.4. The molecule has 0 bridgehead atoms. The predicted octanol–water partition coefficient (Wildman–Crippen LogP) is 3.73. The molecule has 1 fully saturated rings. The van der Waals surface area contributed by atoms with Gasteiger partial charge in [0.2, 0.25) is 0 Å². The van der Waals surface area contributed by atoms with Crippen molar-refractivity contribution in [3.63, 3.8) is 0 Å². The summed E-state index contributed by atoms with van der Waals surface area (Å²) < 4.78 is 62.3. The first-order valence-electron chi connectivity index (χ1n) is 9.69. The van der Waals surface area contributed by atoms with Crippen LogP contribution in [0.25, 0.3) is 10.6 Å². The average molecular weight is 469 g/mol. The predicted molar refractivity (Wildman–Crippen MR) is 109 cm³/mol. The van der Waals surface area contributed by atoms with Gasteiger partial charge in [-0.15, -0.1) is 11.3 Å². The Morgan fingerprint density at radius 2 is 2.00 bits per heavy atom. The van der Waals surface area contributed by atoms with Gasteiger partial charge >= 0.3 is 0 Å². The fraction of sp³-hybridized carbons (Fsp3) is 0.350. The number of anilines is 1. The van der Waals surface area contributed by atoms with Gasteiger partial charge in [-0.1, -0.05) is 0 Å². The molecular weight excluding hydrogens is 450 g/mol. The molecule has 3 atom stereocenters. The number of carbonyl (C=O) groups excluding carboxylic acids is 1. The van der Waals surface area contributed by atoms with Crippen LogP contribution in [0.4, 0.5) is 23.2 Å². The average Bonchev–Trinajstić information content (AvgIpc) is 3.30. The van der Waals surface area contributed by atoms with Crippen LogP contribution in [-0.4, -0.2) is 39.5 Å². The van der Waals surface area contributed by atoms with Crippen LogP contribution in [0.3, 0.4) is 0 Å². The Balaban J connectivity index is 1.55. The molecule has 170 valence electrons. The van der Waals surface area contributed by atoms with Gasteiger partial charge < -0.3 is 15.8 Å². The second-order valence-electron chi connectivity index (χ2n) is 7.38. The van der Waals surface area contributed by atoms with Gasteiger partial charge in [-0.25, -0.2) is 22.5 Å². The zero-order valence-corrected chi connectivity index (χ0v) is 17.6. The lowest BCUT2D eigenvalue weighted by Crippen LogP contribution is -2.32. The maximum atomic E-state index is 14.0. The number of aromatic nitrogens is 3. The standard InChI is InChI=1S/C20H19F4N5O2S/c1-29-18(16-3-2-13(25)12(24)7-31-16)14(6-26-29)27-19(30)15-8-32-20(28-15)17-10(22)4-9(21)5-11(17)23/h4-6,8,12-13,16H,2-3,7,25H2,1H3,(H,27,30)/t12-,13-,16+/m1/s1. The molecule has 1 saturated heterocycles. The second-order valence-corrected chi connectivity index (χ2v) is 8.24. The number of thiazole rings is 1. The number of halogens is 4. The zero-order chi connectivity index (χ0) is 23.0. The monoisotopic (exact) mass is 469 g/mol. The van der Waals surface area contributed by atoms with Gasteiger partial charge in [-0.05, 0) is 12.8 Å². The lowest BCUT2D eigenvalue weighted by Gasteiger charge is -2.17. The largest absolute Gasteiger partial charge is 0.369 e. The Labute approximate surface area is 184 Å². The van der Waals surface area contributed by atoms with Crippen molar-refractivity contribution >= 4 is 22.9 Å². The molecule has 0 radical (unpaired) electrons. The van der Waals surface area contributed by atoms with Crippen LogP contribution in [0.2, 0.25) is 0 Å². The van der Waals surface area contributed by atoms with Gasteiger partial charge in [0, 0.05) is 30.6 Å². The van der Waals surface area contributed by atoms with E-state index in [9.17, 15) is 22.4 Å². The second kappa shape index (κ2) is 8.96. The molecular formula is C20H19F4N5O2S. The Hall–Kier alpha value is -2.83. The van der Waals surface area contributed by atoms with E-state index in [1.165, 1.54) is 16.3 Å². The first-order chi connectivity index (χ1) is 15.2. The summed E-state index contributed by atoms with van der Waals surface area (Å²) in [6.07, 6.45) is 0.439.